The Hall–Kier alpha value is -2.10. The van der Waals surface area contributed by atoms with Gasteiger partial charge >= 0.3 is 11.9 Å². The van der Waals surface area contributed by atoms with Gasteiger partial charge in [-0.15, -0.1) is 0 Å². The van der Waals surface area contributed by atoms with Gasteiger partial charge in [0.05, 0.1) is 5.56 Å². The molecule has 15 heavy (non-hydrogen) atoms. The highest BCUT2D eigenvalue weighted by atomic mass is 16.4. The predicted molar refractivity (Wildman–Crippen MR) is 54.8 cm³/mol. The van der Waals surface area contributed by atoms with Gasteiger partial charge in [0.2, 0.25) is 0 Å². The van der Waals surface area contributed by atoms with Crippen LogP contribution in [-0.4, -0.2) is 22.2 Å². The number of benzene rings is 1. The Balaban J connectivity index is 3.17. The van der Waals surface area contributed by atoms with Gasteiger partial charge in [-0.2, -0.15) is 0 Å². The van der Waals surface area contributed by atoms with Crippen LogP contribution in [0.3, 0.4) is 0 Å². The molecule has 0 aliphatic heterocycles. The molecule has 0 aliphatic rings. The van der Waals surface area contributed by atoms with Gasteiger partial charge in [-0.1, -0.05) is 17.7 Å². The summed E-state index contributed by atoms with van der Waals surface area (Å²) >= 11 is 0. The average molecular weight is 206 g/mol. The van der Waals surface area contributed by atoms with Gasteiger partial charge in [-0.25, -0.2) is 9.59 Å². The average Bonchev–Trinajstić information content (AvgIpc) is 2.15. The molecule has 0 aromatic heterocycles. The molecule has 0 saturated heterocycles. The maximum Gasteiger partial charge on any atom is 0.336 e. The standard InChI is InChI=1S/C11H10O4/c1-7-2-3-8(4-5-10(12)13)9(6-7)11(14)15/h2-6H,1H3,(H,12,13)(H,14,15). The summed E-state index contributed by atoms with van der Waals surface area (Å²) < 4.78 is 0. The SMILES string of the molecule is Cc1ccc(C=CC(=O)O)c(C(=O)O)c1. The Morgan fingerprint density at radius 1 is 1.27 bits per heavy atom. The molecule has 1 aromatic rings. The van der Waals surface area contributed by atoms with Crippen molar-refractivity contribution in [1.82, 2.24) is 0 Å². The van der Waals surface area contributed by atoms with Crippen LogP contribution in [0.15, 0.2) is 24.3 Å². The van der Waals surface area contributed by atoms with Crippen LogP contribution >= 0.6 is 0 Å². The lowest BCUT2D eigenvalue weighted by Gasteiger charge is -2.01. The number of aryl methyl sites for hydroxylation is 1. The van der Waals surface area contributed by atoms with Crippen LogP contribution < -0.4 is 0 Å². The number of carboxylic acid groups (broad SMARTS) is 2. The maximum absolute atomic E-state index is 10.8. The Morgan fingerprint density at radius 3 is 2.47 bits per heavy atom. The fraction of sp³-hybridized carbons (Fsp3) is 0.0909. The molecular weight excluding hydrogens is 196 g/mol. The van der Waals surface area contributed by atoms with Gasteiger partial charge in [0.1, 0.15) is 0 Å². The lowest BCUT2D eigenvalue weighted by Crippen LogP contribution is -2.00. The molecule has 1 aromatic carbocycles. The first-order valence-corrected chi connectivity index (χ1v) is 4.25. The minimum absolute atomic E-state index is 0.104. The van der Waals surface area contributed by atoms with E-state index in [-0.39, 0.29) is 5.56 Å². The molecule has 0 unspecified atom stereocenters. The Morgan fingerprint density at radius 2 is 1.93 bits per heavy atom. The van der Waals surface area contributed by atoms with Crippen molar-refractivity contribution < 1.29 is 19.8 Å². The van der Waals surface area contributed by atoms with Gasteiger partial charge in [0, 0.05) is 6.08 Å². The number of carbonyl (C=O) groups is 2. The highest BCUT2D eigenvalue weighted by Crippen LogP contribution is 2.13. The van der Waals surface area contributed by atoms with E-state index in [1.54, 1.807) is 19.1 Å². The third-order valence-electron chi connectivity index (χ3n) is 1.84. The second-order valence-electron chi connectivity index (χ2n) is 3.07. The van der Waals surface area contributed by atoms with E-state index in [4.69, 9.17) is 10.2 Å². The third-order valence-corrected chi connectivity index (χ3v) is 1.84. The van der Waals surface area contributed by atoms with E-state index in [1.165, 1.54) is 12.1 Å². The van der Waals surface area contributed by atoms with Crippen molar-refractivity contribution >= 4 is 18.0 Å². The monoisotopic (exact) mass is 206 g/mol. The molecule has 0 aliphatic carbocycles. The first-order valence-electron chi connectivity index (χ1n) is 4.25. The van der Waals surface area contributed by atoms with Crippen molar-refractivity contribution in [3.05, 3.63) is 41.0 Å². The molecule has 1 rings (SSSR count). The first kappa shape index (κ1) is 11.0. The second-order valence-corrected chi connectivity index (χ2v) is 3.07. The maximum atomic E-state index is 10.8. The second kappa shape index (κ2) is 4.41. The number of hydrogen-bond acceptors (Lipinski definition) is 2. The molecule has 0 saturated carbocycles. The summed E-state index contributed by atoms with van der Waals surface area (Å²) in [5.74, 6) is -2.17. The van der Waals surface area contributed by atoms with E-state index in [0.29, 0.717) is 5.56 Å². The van der Waals surface area contributed by atoms with Crippen LogP contribution in [-0.2, 0) is 4.79 Å². The molecule has 0 bridgehead atoms. The summed E-state index contributed by atoms with van der Waals surface area (Å²) in [5.41, 5.74) is 1.31. The molecule has 0 atom stereocenters. The molecule has 2 N–H and O–H groups in total. The van der Waals surface area contributed by atoms with Crippen molar-refractivity contribution in [2.45, 2.75) is 6.92 Å². The van der Waals surface area contributed by atoms with E-state index in [0.717, 1.165) is 11.6 Å². The van der Waals surface area contributed by atoms with Crippen molar-refractivity contribution in [1.29, 1.82) is 0 Å². The molecule has 0 spiro atoms. The minimum atomic E-state index is -1.10. The van der Waals surface area contributed by atoms with E-state index in [2.05, 4.69) is 0 Å². The number of aromatic carboxylic acids is 1. The fourth-order valence-corrected chi connectivity index (χ4v) is 1.16. The van der Waals surface area contributed by atoms with Crippen molar-refractivity contribution in [3.8, 4) is 0 Å². The highest BCUT2D eigenvalue weighted by molar-refractivity contribution is 5.94. The topological polar surface area (TPSA) is 74.6 Å². The van der Waals surface area contributed by atoms with Crippen LogP contribution in [0, 0.1) is 6.92 Å². The van der Waals surface area contributed by atoms with Crippen LogP contribution in [0.25, 0.3) is 6.08 Å². The van der Waals surface area contributed by atoms with Gasteiger partial charge in [0.25, 0.3) is 0 Å². The largest absolute Gasteiger partial charge is 0.478 e. The fourth-order valence-electron chi connectivity index (χ4n) is 1.16. The number of aliphatic carboxylic acids is 1. The summed E-state index contributed by atoms with van der Waals surface area (Å²) in [6.07, 6.45) is 2.18. The molecule has 0 radical (unpaired) electrons. The number of carboxylic acids is 2. The number of rotatable bonds is 3. The van der Waals surface area contributed by atoms with Crippen LogP contribution in [0.2, 0.25) is 0 Å². The van der Waals surface area contributed by atoms with Gasteiger partial charge in [0.15, 0.2) is 0 Å². The quantitative estimate of drug-likeness (QED) is 0.739. The normalized spacial score (nSPS) is 10.5. The van der Waals surface area contributed by atoms with Crippen molar-refractivity contribution in [2.24, 2.45) is 0 Å². The molecule has 4 heteroatoms. The summed E-state index contributed by atoms with van der Waals surface area (Å²) in [5, 5.41) is 17.3. The van der Waals surface area contributed by atoms with Crippen molar-refractivity contribution in [2.75, 3.05) is 0 Å². The van der Waals surface area contributed by atoms with Gasteiger partial charge in [-0.3, -0.25) is 0 Å². The summed E-state index contributed by atoms with van der Waals surface area (Å²) in [7, 11) is 0. The lowest BCUT2D eigenvalue weighted by atomic mass is 10.0. The summed E-state index contributed by atoms with van der Waals surface area (Å²) in [6.45, 7) is 1.77. The third kappa shape index (κ3) is 2.95. The Kier molecular flexibility index (Phi) is 3.23. The van der Waals surface area contributed by atoms with Gasteiger partial charge in [-0.05, 0) is 24.6 Å². The van der Waals surface area contributed by atoms with Crippen LogP contribution in [0.1, 0.15) is 21.5 Å². The van der Waals surface area contributed by atoms with E-state index in [1.807, 2.05) is 0 Å². The van der Waals surface area contributed by atoms with Crippen LogP contribution in [0.4, 0.5) is 0 Å². The predicted octanol–water partition coefficient (Wildman–Crippen LogP) is 1.79. The molecule has 0 heterocycles. The minimum Gasteiger partial charge on any atom is -0.478 e. The molecule has 78 valence electrons. The zero-order valence-corrected chi connectivity index (χ0v) is 8.10. The highest BCUT2D eigenvalue weighted by Gasteiger charge is 2.07. The molecule has 0 amide bonds. The van der Waals surface area contributed by atoms with Crippen molar-refractivity contribution in [3.63, 3.8) is 0 Å². The zero-order valence-electron chi connectivity index (χ0n) is 8.10. The van der Waals surface area contributed by atoms with Gasteiger partial charge < -0.3 is 10.2 Å². The summed E-state index contributed by atoms with van der Waals surface area (Å²) in [6, 6.07) is 4.82. The zero-order chi connectivity index (χ0) is 11.4. The Labute approximate surface area is 86.5 Å². The van der Waals surface area contributed by atoms with Crippen LogP contribution in [0.5, 0.6) is 0 Å². The van der Waals surface area contributed by atoms with E-state index >= 15 is 0 Å². The lowest BCUT2D eigenvalue weighted by molar-refractivity contribution is -0.131. The first-order chi connectivity index (χ1) is 7.00. The molecule has 0 fully saturated rings. The summed E-state index contributed by atoms with van der Waals surface area (Å²) in [4.78, 5) is 21.1. The van der Waals surface area contributed by atoms with E-state index < -0.39 is 11.9 Å². The number of hydrogen-bond donors (Lipinski definition) is 2. The Bertz CT molecular complexity index is 432. The molecular formula is C11H10O4. The van der Waals surface area contributed by atoms with E-state index in [9.17, 15) is 9.59 Å². The smallest absolute Gasteiger partial charge is 0.336 e. The molecule has 4 nitrogen and oxygen atoms in total.